The maximum absolute atomic E-state index is 13.2. The van der Waals surface area contributed by atoms with Crippen molar-refractivity contribution in [3.8, 4) is 0 Å². The topological polar surface area (TPSA) is 3.24 Å². The third-order valence-electron chi connectivity index (χ3n) is 3.50. The van der Waals surface area contributed by atoms with Gasteiger partial charge in [0.05, 0.1) is 0 Å². The van der Waals surface area contributed by atoms with E-state index in [0.29, 0.717) is 5.38 Å². The first-order valence-corrected chi connectivity index (χ1v) is 6.56. The molecule has 0 radical (unpaired) electrons. The van der Waals surface area contributed by atoms with Gasteiger partial charge >= 0.3 is 0 Å². The summed E-state index contributed by atoms with van der Waals surface area (Å²) in [5.74, 6) is 0.569. The molecule has 0 saturated heterocycles. The number of benzene rings is 1. The van der Waals surface area contributed by atoms with Gasteiger partial charge < -0.3 is 4.90 Å². The van der Waals surface area contributed by atoms with Crippen LogP contribution in [0.2, 0.25) is 0 Å². The standard InChI is InChI=1S/C14H19ClFN/c1-10-3-4-14(16)7-12(10)9-17(2)8-11-5-13(15)6-11/h3-4,7,11,13H,5-6,8-9H2,1-2H3. The predicted molar refractivity (Wildman–Crippen MR) is 69.8 cm³/mol. The van der Waals surface area contributed by atoms with Crippen molar-refractivity contribution in [2.45, 2.75) is 31.7 Å². The van der Waals surface area contributed by atoms with Crippen LogP contribution in [0.4, 0.5) is 4.39 Å². The van der Waals surface area contributed by atoms with Crippen LogP contribution in [0.3, 0.4) is 0 Å². The molecule has 1 saturated carbocycles. The average Bonchev–Trinajstić information content (AvgIpc) is 2.21. The summed E-state index contributed by atoms with van der Waals surface area (Å²) in [5, 5.41) is 0.379. The summed E-state index contributed by atoms with van der Waals surface area (Å²) in [6.45, 7) is 3.90. The van der Waals surface area contributed by atoms with E-state index in [1.54, 1.807) is 6.07 Å². The molecule has 0 atom stereocenters. The molecule has 1 nitrogen and oxygen atoms in total. The van der Waals surface area contributed by atoms with Gasteiger partial charge in [-0.25, -0.2) is 4.39 Å². The number of aryl methyl sites for hydroxylation is 1. The summed E-state index contributed by atoms with van der Waals surface area (Å²) < 4.78 is 13.2. The second-order valence-electron chi connectivity index (χ2n) is 5.20. The van der Waals surface area contributed by atoms with Gasteiger partial charge in [0.15, 0.2) is 0 Å². The highest BCUT2D eigenvalue weighted by Gasteiger charge is 2.27. The molecule has 2 rings (SSSR count). The summed E-state index contributed by atoms with van der Waals surface area (Å²) in [7, 11) is 2.09. The number of rotatable bonds is 4. The molecule has 0 aliphatic heterocycles. The van der Waals surface area contributed by atoms with Crippen molar-refractivity contribution in [3.05, 3.63) is 35.1 Å². The molecule has 1 aromatic rings. The van der Waals surface area contributed by atoms with Gasteiger partial charge in [-0.15, -0.1) is 11.6 Å². The van der Waals surface area contributed by atoms with E-state index in [1.165, 1.54) is 6.07 Å². The summed E-state index contributed by atoms with van der Waals surface area (Å²) in [4.78, 5) is 2.26. The van der Waals surface area contributed by atoms with E-state index in [4.69, 9.17) is 11.6 Å². The van der Waals surface area contributed by atoms with Gasteiger partial charge in [-0.2, -0.15) is 0 Å². The van der Waals surface area contributed by atoms with Crippen LogP contribution >= 0.6 is 11.6 Å². The van der Waals surface area contributed by atoms with Crippen molar-refractivity contribution < 1.29 is 4.39 Å². The van der Waals surface area contributed by atoms with Crippen molar-refractivity contribution in [3.63, 3.8) is 0 Å². The van der Waals surface area contributed by atoms with E-state index in [1.807, 2.05) is 13.0 Å². The van der Waals surface area contributed by atoms with Crippen molar-refractivity contribution in [1.82, 2.24) is 4.90 Å². The Balaban J connectivity index is 1.89. The summed E-state index contributed by atoms with van der Waals surface area (Å²) in [5.41, 5.74) is 2.23. The minimum absolute atomic E-state index is 0.150. The van der Waals surface area contributed by atoms with Gasteiger partial charge in [-0.3, -0.25) is 0 Å². The Morgan fingerprint density at radius 3 is 2.76 bits per heavy atom. The maximum atomic E-state index is 13.2. The lowest BCUT2D eigenvalue weighted by atomic mass is 9.84. The number of hydrogen-bond acceptors (Lipinski definition) is 1. The quantitative estimate of drug-likeness (QED) is 0.744. The number of alkyl halides is 1. The average molecular weight is 256 g/mol. The minimum Gasteiger partial charge on any atom is -0.302 e. The molecule has 1 aromatic carbocycles. The van der Waals surface area contributed by atoms with Crippen molar-refractivity contribution in [1.29, 1.82) is 0 Å². The van der Waals surface area contributed by atoms with Crippen molar-refractivity contribution in [2.75, 3.05) is 13.6 Å². The Bertz CT molecular complexity index is 388. The van der Waals surface area contributed by atoms with Crippen LogP contribution in [0.25, 0.3) is 0 Å². The van der Waals surface area contributed by atoms with E-state index < -0.39 is 0 Å². The molecular weight excluding hydrogens is 237 g/mol. The molecule has 17 heavy (non-hydrogen) atoms. The molecule has 1 aliphatic carbocycles. The molecule has 1 fully saturated rings. The van der Waals surface area contributed by atoms with Crippen LogP contribution in [-0.2, 0) is 6.54 Å². The lowest BCUT2D eigenvalue weighted by Crippen LogP contribution is -2.34. The normalized spacial score (nSPS) is 23.8. The largest absolute Gasteiger partial charge is 0.302 e. The highest BCUT2D eigenvalue weighted by atomic mass is 35.5. The maximum Gasteiger partial charge on any atom is 0.123 e. The molecule has 0 spiro atoms. The first kappa shape index (κ1) is 12.8. The fourth-order valence-corrected chi connectivity index (χ4v) is 2.91. The highest BCUT2D eigenvalue weighted by Crippen LogP contribution is 2.32. The molecule has 0 bridgehead atoms. The van der Waals surface area contributed by atoms with E-state index in [0.717, 1.165) is 43.0 Å². The first-order chi connectivity index (χ1) is 8.04. The minimum atomic E-state index is -0.150. The van der Waals surface area contributed by atoms with Crippen LogP contribution in [0, 0.1) is 18.7 Å². The molecule has 0 aromatic heterocycles. The van der Waals surface area contributed by atoms with Crippen molar-refractivity contribution in [2.24, 2.45) is 5.92 Å². The van der Waals surface area contributed by atoms with Gasteiger partial charge in [0.25, 0.3) is 0 Å². The Hall–Kier alpha value is -0.600. The molecular formula is C14H19ClFN. The highest BCUT2D eigenvalue weighted by molar-refractivity contribution is 6.21. The lowest BCUT2D eigenvalue weighted by molar-refractivity contribution is 0.204. The van der Waals surface area contributed by atoms with Crippen molar-refractivity contribution >= 4 is 11.6 Å². The van der Waals surface area contributed by atoms with Crippen LogP contribution in [0.1, 0.15) is 24.0 Å². The van der Waals surface area contributed by atoms with Gasteiger partial charge in [0.2, 0.25) is 0 Å². The molecule has 3 heteroatoms. The zero-order valence-corrected chi connectivity index (χ0v) is 11.2. The Morgan fingerprint density at radius 2 is 2.12 bits per heavy atom. The number of nitrogens with zero attached hydrogens (tertiary/aromatic N) is 1. The smallest absolute Gasteiger partial charge is 0.123 e. The summed E-state index contributed by atoms with van der Waals surface area (Å²) in [6, 6.07) is 5.00. The second kappa shape index (κ2) is 5.36. The number of halogens is 2. The zero-order chi connectivity index (χ0) is 12.4. The molecule has 0 unspecified atom stereocenters. The van der Waals surface area contributed by atoms with Gasteiger partial charge in [-0.1, -0.05) is 6.07 Å². The van der Waals surface area contributed by atoms with Crippen LogP contribution in [0.5, 0.6) is 0 Å². The zero-order valence-electron chi connectivity index (χ0n) is 10.4. The van der Waals surface area contributed by atoms with E-state index in [-0.39, 0.29) is 5.82 Å². The summed E-state index contributed by atoms with van der Waals surface area (Å²) in [6.07, 6.45) is 2.24. The van der Waals surface area contributed by atoms with E-state index in [2.05, 4.69) is 11.9 Å². The molecule has 0 amide bonds. The Labute approximate surface area is 108 Å². The fourth-order valence-electron chi connectivity index (χ4n) is 2.41. The monoisotopic (exact) mass is 255 g/mol. The molecule has 0 N–H and O–H groups in total. The van der Waals surface area contributed by atoms with Gasteiger partial charge in [0.1, 0.15) is 5.82 Å². The molecule has 0 heterocycles. The van der Waals surface area contributed by atoms with Gasteiger partial charge in [-0.05, 0) is 56.0 Å². The lowest BCUT2D eigenvalue weighted by Gasteiger charge is -2.34. The van der Waals surface area contributed by atoms with E-state index in [9.17, 15) is 4.39 Å². The molecule has 1 aliphatic rings. The SMILES string of the molecule is Cc1ccc(F)cc1CN(C)CC1CC(Cl)C1. The van der Waals surface area contributed by atoms with Crippen LogP contribution < -0.4 is 0 Å². The third kappa shape index (κ3) is 3.43. The Morgan fingerprint density at radius 1 is 1.41 bits per heavy atom. The summed E-state index contributed by atoms with van der Waals surface area (Å²) >= 11 is 5.97. The Kier molecular flexibility index (Phi) is 4.05. The van der Waals surface area contributed by atoms with Crippen LogP contribution in [-0.4, -0.2) is 23.9 Å². The predicted octanol–water partition coefficient (Wildman–Crippen LogP) is 3.58. The fraction of sp³-hybridized carbons (Fsp3) is 0.571. The van der Waals surface area contributed by atoms with E-state index >= 15 is 0 Å². The second-order valence-corrected chi connectivity index (χ2v) is 5.82. The number of hydrogen-bond donors (Lipinski definition) is 0. The third-order valence-corrected chi connectivity index (χ3v) is 3.86. The first-order valence-electron chi connectivity index (χ1n) is 6.12. The van der Waals surface area contributed by atoms with Crippen LogP contribution in [0.15, 0.2) is 18.2 Å². The van der Waals surface area contributed by atoms with Gasteiger partial charge in [0, 0.05) is 18.5 Å². The molecule has 94 valence electrons.